The van der Waals surface area contributed by atoms with E-state index in [-0.39, 0.29) is 10.5 Å². The molecular weight excluding hydrogens is 256 g/mol. The van der Waals surface area contributed by atoms with Crippen molar-refractivity contribution in [1.29, 1.82) is 0 Å². The summed E-state index contributed by atoms with van der Waals surface area (Å²) < 4.78 is 38.2. The Balaban J connectivity index is 3.25. The number of hydrogen-bond acceptors (Lipinski definition) is 0. The Morgan fingerprint density at radius 3 is 2.00 bits per heavy atom. The lowest BCUT2D eigenvalue weighted by molar-refractivity contribution is -0.136. The monoisotopic (exact) mass is 268 g/mol. The molecule has 0 aromatic heterocycles. The third-order valence-electron chi connectivity index (χ3n) is 2.01. The third-order valence-corrected chi connectivity index (χ3v) is 6.07. The second kappa shape index (κ2) is 4.54. The summed E-state index contributed by atoms with van der Waals surface area (Å²) in [7, 11) is -1.35. The minimum Gasteiger partial charge on any atom is -0.166 e. The Hall–Kier alpha value is -0.270. The molecule has 0 saturated carbocycles. The molecule has 90 valence electrons. The topological polar surface area (TPSA) is 0 Å². The van der Waals surface area contributed by atoms with Crippen molar-refractivity contribution in [3.05, 3.63) is 29.8 Å². The second-order valence-corrected chi connectivity index (χ2v) is 7.87. The number of rotatable bonds is 1. The summed E-state index contributed by atoms with van der Waals surface area (Å²) in [5, 5.41) is -0.141. The second-order valence-electron chi connectivity index (χ2n) is 4.47. The van der Waals surface area contributed by atoms with Gasteiger partial charge < -0.3 is 0 Å². The molecule has 0 aliphatic rings. The SMILES string of the molecule is CC(C)(C)P(Cl)c1ccccc1C(F)(F)F. The number of halogens is 4. The highest BCUT2D eigenvalue weighted by molar-refractivity contribution is 7.91. The first-order valence-electron chi connectivity index (χ1n) is 4.76. The average Bonchev–Trinajstić information content (AvgIpc) is 2.14. The van der Waals surface area contributed by atoms with Crippen LogP contribution in [0, 0.1) is 0 Å². The molecule has 0 saturated heterocycles. The van der Waals surface area contributed by atoms with Crippen LogP contribution >= 0.6 is 18.5 Å². The predicted octanol–water partition coefficient (Wildman–Crippen LogP) is 4.76. The smallest absolute Gasteiger partial charge is 0.166 e. The van der Waals surface area contributed by atoms with E-state index in [0.29, 0.717) is 0 Å². The van der Waals surface area contributed by atoms with Crippen molar-refractivity contribution in [3.63, 3.8) is 0 Å². The van der Waals surface area contributed by atoms with Crippen LogP contribution in [0.2, 0.25) is 0 Å². The Labute approximate surface area is 99.3 Å². The van der Waals surface area contributed by atoms with Gasteiger partial charge in [-0.25, -0.2) is 0 Å². The lowest BCUT2D eigenvalue weighted by Gasteiger charge is -2.27. The van der Waals surface area contributed by atoms with Gasteiger partial charge in [0.25, 0.3) is 0 Å². The van der Waals surface area contributed by atoms with E-state index in [0.717, 1.165) is 6.07 Å². The van der Waals surface area contributed by atoms with E-state index in [2.05, 4.69) is 0 Å². The minimum atomic E-state index is -4.34. The molecule has 5 heteroatoms. The van der Waals surface area contributed by atoms with Crippen LogP contribution in [0.15, 0.2) is 24.3 Å². The fourth-order valence-electron chi connectivity index (χ4n) is 1.25. The number of benzene rings is 1. The maximum atomic E-state index is 12.7. The molecule has 1 aromatic rings. The number of alkyl halides is 3. The van der Waals surface area contributed by atoms with E-state index in [4.69, 9.17) is 11.2 Å². The molecule has 0 amide bonds. The standard InChI is InChI=1S/C11H13ClF3P/c1-10(2,3)16(12)9-7-5-4-6-8(9)11(13,14)15/h4-7H,1-3H3. The van der Waals surface area contributed by atoms with Gasteiger partial charge in [0, 0.05) is 12.6 Å². The zero-order valence-corrected chi connectivity index (χ0v) is 10.9. The molecule has 0 radical (unpaired) electrons. The van der Waals surface area contributed by atoms with Crippen molar-refractivity contribution in [2.75, 3.05) is 0 Å². The lowest BCUT2D eigenvalue weighted by atomic mass is 10.2. The maximum Gasteiger partial charge on any atom is 0.417 e. The van der Waals surface area contributed by atoms with Crippen LogP contribution in [0.5, 0.6) is 0 Å². The van der Waals surface area contributed by atoms with E-state index < -0.39 is 19.0 Å². The molecule has 1 atom stereocenters. The van der Waals surface area contributed by atoms with Crippen LogP contribution in [0.1, 0.15) is 26.3 Å². The van der Waals surface area contributed by atoms with Crippen LogP contribution in [0.3, 0.4) is 0 Å². The zero-order chi connectivity index (χ0) is 12.6. The molecule has 0 aliphatic carbocycles. The van der Waals surface area contributed by atoms with Gasteiger partial charge in [-0.2, -0.15) is 13.2 Å². The Morgan fingerprint density at radius 1 is 1.06 bits per heavy atom. The largest absolute Gasteiger partial charge is 0.417 e. The van der Waals surface area contributed by atoms with Gasteiger partial charge >= 0.3 is 6.18 Å². The molecular formula is C11H13ClF3P. The van der Waals surface area contributed by atoms with Crippen molar-refractivity contribution in [2.45, 2.75) is 32.1 Å². The van der Waals surface area contributed by atoms with Gasteiger partial charge in [0.05, 0.1) is 5.56 Å². The van der Waals surface area contributed by atoms with Gasteiger partial charge in [-0.05, 0) is 11.2 Å². The van der Waals surface area contributed by atoms with E-state index in [9.17, 15) is 13.2 Å². The molecule has 1 aromatic carbocycles. The fourth-order valence-corrected chi connectivity index (χ4v) is 3.04. The summed E-state index contributed by atoms with van der Waals surface area (Å²) in [5.74, 6) is 0. The summed E-state index contributed by atoms with van der Waals surface area (Å²) in [6.45, 7) is 5.54. The summed E-state index contributed by atoms with van der Waals surface area (Å²) in [6.07, 6.45) is -4.34. The average molecular weight is 269 g/mol. The highest BCUT2D eigenvalue weighted by Crippen LogP contribution is 2.54. The Bertz CT molecular complexity index is 368. The molecule has 0 bridgehead atoms. The molecule has 0 aliphatic heterocycles. The maximum absolute atomic E-state index is 12.7. The van der Waals surface area contributed by atoms with E-state index in [1.54, 1.807) is 6.07 Å². The van der Waals surface area contributed by atoms with Crippen LogP contribution in [-0.2, 0) is 6.18 Å². The lowest BCUT2D eigenvalue weighted by Crippen LogP contribution is -2.23. The van der Waals surface area contributed by atoms with E-state index in [1.807, 2.05) is 20.8 Å². The van der Waals surface area contributed by atoms with Crippen LogP contribution in [-0.4, -0.2) is 5.16 Å². The minimum absolute atomic E-state index is 0.208. The van der Waals surface area contributed by atoms with Gasteiger partial charge in [0.1, 0.15) is 0 Å². The molecule has 16 heavy (non-hydrogen) atoms. The molecule has 0 heterocycles. The summed E-state index contributed by atoms with van der Waals surface area (Å²) in [5.41, 5.74) is -0.619. The van der Waals surface area contributed by atoms with Crippen LogP contribution in [0.25, 0.3) is 0 Å². The van der Waals surface area contributed by atoms with Crippen LogP contribution in [0.4, 0.5) is 13.2 Å². The van der Waals surface area contributed by atoms with Gasteiger partial charge in [-0.1, -0.05) is 50.2 Å². The van der Waals surface area contributed by atoms with Gasteiger partial charge in [0.2, 0.25) is 0 Å². The van der Waals surface area contributed by atoms with Crippen LogP contribution < -0.4 is 5.30 Å². The van der Waals surface area contributed by atoms with Crippen molar-refractivity contribution < 1.29 is 13.2 Å². The molecule has 1 rings (SSSR count). The molecule has 0 fully saturated rings. The van der Waals surface area contributed by atoms with Crippen molar-refractivity contribution in [1.82, 2.24) is 0 Å². The quantitative estimate of drug-likeness (QED) is 0.644. The highest BCUT2D eigenvalue weighted by atomic mass is 35.7. The summed E-state index contributed by atoms with van der Waals surface area (Å²) >= 11 is 6.16. The Morgan fingerprint density at radius 2 is 1.56 bits per heavy atom. The first-order valence-corrected chi connectivity index (χ1v) is 7.01. The summed E-state index contributed by atoms with van der Waals surface area (Å²) in [4.78, 5) is 0. The molecule has 0 N–H and O–H groups in total. The number of hydrogen-bond donors (Lipinski definition) is 0. The van der Waals surface area contributed by atoms with Gasteiger partial charge in [-0.3, -0.25) is 0 Å². The predicted molar refractivity (Wildman–Crippen MR) is 63.6 cm³/mol. The highest BCUT2D eigenvalue weighted by Gasteiger charge is 2.37. The third kappa shape index (κ3) is 3.11. The van der Waals surface area contributed by atoms with Crippen molar-refractivity contribution >= 4 is 23.8 Å². The van der Waals surface area contributed by atoms with Crippen molar-refractivity contribution in [3.8, 4) is 0 Å². The van der Waals surface area contributed by atoms with Gasteiger partial charge in [0.15, 0.2) is 0 Å². The van der Waals surface area contributed by atoms with E-state index >= 15 is 0 Å². The first-order chi connectivity index (χ1) is 7.14. The zero-order valence-electron chi connectivity index (χ0n) is 9.27. The fraction of sp³-hybridized carbons (Fsp3) is 0.455. The van der Waals surface area contributed by atoms with E-state index in [1.165, 1.54) is 12.1 Å². The summed E-state index contributed by atoms with van der Waals surface area (Å²) in [6, 6.07) is 5.52. The van der Waals surface area contributed by atoms with Gasteiger partial charge in [-0.15, -0.1) is 0 Å². The molecule has 0 nitrogen and oxygen atoms in total. The normalized spacial score (nSPS) is 14.9. The van der Waals surface area contributed by atoms with Crippen molar-refractivity contribution in [2.24, 2.45) is 0 Å². The molecule has 1 unspecified atom stereocenters. The molecule has 0 spiro atoms. The first kappa shape index (κ1) is 13.8. The Kier molecular flexibility index (Phi) is 3.91.